The maximum Gasteiger partial charge on any atom is 0.252 e. The van der Waals surface area contributed by atoms with Crippen LogP contribution in [0, 0.1) is 0 Å². The van der Waals surface area contributed by atoms with Crippen molar-refractivity contribution in [1.29, 1.82) is 0 Å². The van der Waals surface area contributed by atoms with Crippen LogP contribution in [0.5, 0.6) is 0 Å². The van der Waals surface area contributed by atoms with Crippen molar-refractivity contribution in [2.75, 3.05) is 0 Å². The Labute approximate surface area is 510 Å². The third-order valence-electron chi connectivity index (χ3n) is 20.9. The summed E-state index contributed by atoms with van der Waals surface area (Å²) >= 11 is 0. The Morgan fingerprint density at radius 2 is 0.733 bits per heavy atom. The Hall–Kier alpha value is -7.88. The van der Waals surface area contributed by atoms with Crippen LogP contribution in [0.15, 0.2) is 164 Å². The summed E-state index contributed by atoms with van der Waals surface area (Å²) in [5.41, 5.74) is 32.2. The fourth-order valence-electron chi connectivity index (χ4n) is 16.1. The maximum absolute atomic E-state index is 2.85. The average molecular weight is 1120 g/mol. The zero-order valence-corrected chi connectivity index (χ0v) is 54.1. The summed E-state index contributed by atoms with van der Waals surface area (Å²) in [7, 11) is 0. The minimum atomic E-state index is -0.738. The normalized spacial score (nSPS) is 14.9. The molecule has 2 aromatic heterocycles. The Kier molecular flexibility index (Phi) is 10.5. The van der Waals surface area contributed by atoms with E-state index >= 15 is 0 Å². The molecule has 1 aliphatic carbocycles. The molecule has 0 atom stereocenters. The van der Waals surface area contributed by atoms with E-state index in [2.05, 4.69) is 298 Å². The molecule has 16 rings (SSSR count). The molecule has 4 aliphatic rings. The lowest BCUT2D eigenvalue weighted by Gasteiger charge is -2.45. The Balaban J connectivity index is 1.24. The molecule has 0 saturated heterocycles. The van der Waals surface area contributed by atoms with Crippen LogP contribution in [0.3, 0.4) is 0 Å². The molecule has 0 saturated carbocycles. The summed E-state index contributed by atoms with van der Waals surface area (Å²) in [5.74, 6) is 0. The summed E-state index contributed by atoms with van der Waals surface area (Å²) in [4.78, 5) is 0. The molecule has 3 aliphatic heterocycles. The molecule has 1 spiro atoms. The molecule has 5 heterocycles. The van der Waals surface area contributed by atoms with E-state index in [0.717, 1.165) is 0 Å². The summed E-state index contributed by atoms with van der Waals surface area (Å²) in [6, 6.07) is 66.8. The third-order valence-corrected chi connectivity index (χ3v) is 20.9. The summed E-state index contributed by atoms with van der Waals surface area (Å²) in [5, 5.41) is 7.88. The van der Waals surface area contributed by atoms with Crippen molar-refractivity contribution in [3.8, 4) is 44.8 Å². The number of hydrogen-bond acceptors (Lipinski definition) is 0. The van der Waals surface area contributed by atoms with Gasteiger partial charge in [-0.25, -0.2) is 0 Å². The Morgan fingerprint density at radius 3 is 1.27 bits per heavy atom. The average Bonchev–Trinajstić information content (AvgIpc) is 1.39. The largest absolute Gasteiger partial charge is 0.310 e. The first kappa shape index (κ1) is 53.6. The van der Waals surface area contributed by atoms with Crippen molar-refractivity contribution in [3.05, 3.63) is 219 Å². The van der Waals surface area contributed by atoms with Crippen LogP contribution < -0.4 is 16.4 Å². The number of aromatic nitrogens is 2. The third kappa shape index (κ3) is 7.09. The fraction of sp³-hybridized carbons (Fsp3) is 0.301. The SMILES string of the molecule is CC(C)(C)c1ccc2c(c1)C1(c3cc(C(C)(C)C)ccc3-2)c2cc(-c3cc4ccccc4cc3-c3ccccc3)c3c4c2-n2c5c(cc(C(C)(C)C)cc5c5cc(C(C)(C)C)cc1c52)B4c1cc(C(C)(C)C)cc2c4cc(C(C)(C)C)ccc4n-3c12. The van der Waals surface area contributed by atoms with Crippen LogP contribution in [-0.2, 0) is 37.9 Å². The first-order valence-corrected chi connectivity index (χ1v) is 31.9. The fourth-order valence-corrected chi connectivity index (χ4v) is 16.1. The lowest BCUT2D eigenvalue weighted by Crippen LogP contribution is -2.61. The molecular weight excluding hydrogens is 1040 g/mol. The molecule has 2 nitrogen and oxygen atoms in total. The van der Waals surface area contributed by atoms with Gasteiger partial charge in [0.05, 0.1) is 22.1 Å². The van der Waals surface area contributed by atoms with Gasteiger partial charge in [-0.2, -0.15) is 0 Å². The zero-order chi connectivity index (χ0) is 60.2. The number of benzene rings is 10. The first-order chi connectivity index (χ1) is 40.4. The molecule has 12 aromatic rings. The molecule has 10 aromatic carbocycles. The number of fused-ring (bicyclic) bond motifs is 15. The van der Waals surface area contributed by atoms with Crippen molar-refractivity contribution in [1.82, 2.24) is 9.13 Å². The number of hydrogen-bond donors (Lipinski definition) is 0. The highest BCUT2D eigenvalue weighted by Gasteiger charge is 2.56. The van der Waals surface area contributed by atoms with Gasteiger partial charge in [-0.05, 0) is 192 Å². The molecule has 86 heavy (non-hydrogen) atoms. The van der Waals surface area contributed by atoms with E-state index in [1.807, 2.05) is 0 Å². The summed E-state index contributed by atoms with van der Waals surface area (Å²) < 4.78 is 5.64. The lowest BCUT2D eigenvalue weighted by molar-refractivity contribution is 0.583. The van der Waals surface area contributed by atoms with Crippen LogP contribution in [0.1, 0.15) is 180 Å². The second-order valence-electron chi connectivity index (χ2n) is 32.6. The summed E-state index contributed by atoms with van der Waals surface area (Å²) in [6.07, 6.45) is 0. The van der Waals surface area contributed by atoms with Crippen molar-refractivity contribution >= 4 is 77.5 Å². The lowest BCUT2D eigenvalue weighted by atomic mass is 9.33. The quantitative estimate of drug-likeness (QED) is 0.153. The van der Waals surface area contributed by atoms with E-state index in [-0.39, 0.29) is 39.2 Å². The van der Waals surface area contributed by atoms with E-state index in [0.29, 0.717) is 0 Å². The first-order valence-electron chi connectivity index (χ1n) is 31.9. The van der Waals surface area contributed by atoms with Gasteiger partial charge in [0.1, 0.15) is 0 Å². The maximum atomic E-state index is 2.85. The van der Waals surface area contributed by atoms with E-state index in [1.165, 1.54) is 171 Å². The predicted molar refractivity (Wildman–Crippen MR) is 371 cm³/mol. The second kappa shape index (κ2) is 16.8. The van der Waals surface area contributed by atoms with Gasteiger partial charge in [-0.3, -0.25) is 0 Å². The van der Waals surface area contributed by atoms with Gasteiger partial charge in [0.15, 0.2) is 0 Å². The standard InChI is InChI=1S/C83H81BN2/c1-77(2,3)49-30-33-70-59(36-49)60-38-53(81(13,14)15)43-68-73(60)85(70)75-63(58-35-48-27-23-22-26-47(48)34-57(58)46-24-20-19-21-25-46)45-67-76-71(75)84(68)69-44-54(82(16,17)18)39-62-61-37-52(80(10,11)12)42-66(72(61)86(76)74(62)69)83(67)64-40-50(78(4,5)6)28-31-55(64)56-32-29-51(41-65(56)83)79(7,8)9/h19-45H,1-18H3. The van der Waals surface area contributed by atoms with Gasteiger partial charge in [-0.15, -0.1) is 0 Å². The molecule has 0 bridgehead atoms. The molecule has 0 unspecified atom stereocenters. The minimum Gasteiger partial charge on any atom is -0.310 e. The molecule has 0 radical (unpaired) electrons. The highest BCUT2D eigenvalue weighted by Crippen LogP contribution is 2.64. The number of rotatable bonds is 2. The van der Waals surface area contributed by atoms with Crippen LogP contribution in [0.2, 0.25) is 0 Å². The number of nitrogens with zero attached hydrogens (tertiary/aromatic N) is 2. The monoisotopic (exact) mass is 1120 g/mol. The van der Waals surface area contributed by atoms with Crippen molar-refractivity contribution in [3.63, 3.8) is 0 Å². The van der Waals surface area contributed by atoms with Crippen molar-refractivity contribution in [2.45, 2.75) is 163 Å². The second-order valence-corrected chi connectivity index (χ2v) is 32.6. The Bertz CT molecular complexity index is 4960. The van der Waals surface area contributed by atoms with Crippen molar-refractivity contribution < 1.29 is 0 Å². The molecule has 0 amide bonds. The zero-order valence-electron chi connectivity index (χ0n) is 54.1. The highest BCUT2D eigenvalue weighted by atomic mass is 15.1. The van der Waals surface area contributed by atoms with Gasteiger partial charge >= 0.3 is 0 Å². The van der Waals surface area contributed by atoms with E-state index in [9.17, 15) is 0 Å². The Morgan fingerprint density at radius 1 is 0.302 bits per heavy atom. The van der Waals surface area contributed by atoms with E-state index in [1.54, 1.807) is 0 Å². The van der Waals surface area contributed by atoms with Gasteiger partial charge < -0.3 is 9.13 Å². The molecule has 0 N–H and O–H groups in total. The smallest absolute Gasteiger partial charge is 0.252 e. The van der Waals surface area contributed by atoms with E-state index < -0.39 is 5.41 Å². The van der Waals surface area contributed by atoms with Crippen LogP contribution in [0.25, 0.3) is 99.1 Å². The van der Waals surface area contributed by atoms with Crippen LogP contribution in [-0.4, -0.2) is 15.8 Å². The molecular formula is C83H81BN2. The molecule has 426 valence electrons. The summed E-state index contributed by atoms with van der Waals surface area (Å²) in [6.45, 7) is 43.3. The highest BCUT2D eigenvalue weighted by molar-refractivity contribution is 7.00. The van der Waals surface area contributed by atoms with E-state index in [4.69, 9.17) is 0 Å². The molecule has 3 heteroatoms. The minimum absolute atomic E-state index is 0.0490. The van der Waals surface area contributed by atoms with Crippen LogP contribution in [0.4, 0.5) is 0 Å². The van der Waals surface area contributed by atoms with Gasteiger partial charge in [0.25, 0.3) is 6.71 Å². The van der Waals surface area contributed by atoms with Gasteiger partial charge in [0, 0.05) is 43.8 Å². The molecule has 0 fully saturated rings. The van der Waals surface area contributed by atoms with Gasteiger partial charge in [-0.1, -0.05) is 240 Å². The van der Waals surface area contributed by atoms with Gasteiger partial charge in [0.2, 0.25) is 0 Å². The topological polar surface area (TPSA) is 9.86 Å². The van der Waals surface area contributed by atoms with Crippen molar-refractivity contribution in [2.24, 2.45) is 0 Å². The predicted octanol–water partition coefficient (Wildman–Crippen LogP) is 20.0. The van der Waals surface area contributed by atoms with Crippen LogP contribution >= 0.6 is 0 Å².